The van der Waals surface area contributed by atoms with Gasteiger partial charge in [-0.25, -0.2) is 0 Å². The average Bonchev–Trinajstić information content (AvgIpc) is 2.77. The molecule has 0 saturated carbocycles. The van der Waals surface area contributed by atoms with Gasteiger partial charge in [-0.1, -0.05) is 0 Å². The molecule has 0 bridgehead atoms. The minimum absolute atomic E-state index is 0.231. The van der Waals surface area contributed by atoms with Crippen LogP contribution in [0.3, 0.4) is 0 Å². The van der Waals surface area contributed by atoms with Gasteiger partial charge in [0.1, 0.15) is 5.76 Å². The van der Waals surface area contributed by atoms with Gasteiger partial charge in [0.05, 0.1) is 12.8 Å². The Morgan fingerprint density at radius 3 is 3.07 bits per heavy atom. The predicted molar refractivity (Wildman–Crippen MR) is 51.3 cm³/mol. The molecule has 0 aliphatic carbocycles. The summed E-state index contributed by atoms with van der Waals surface area (Å²) in [4.78, 5) is 13.2. The van der Waals surface area contributed by atoms with E-state index in [1.165, 1.54) is 0 Å². The van der Waals surface area contributed by atoms with Gasteiger partial charge in [-0.3, -0.25) is 4.79 Å². The molecule has 2 N–H and O–H groups in total. The maximum atomic E-state index is 11.4. The molecule has 0 unspecified atom stereocenters. The highest BCUT2D eigenvalue weighted by Crippen LogP contribution is 2.17. The monoisotopic (exact) mass is 194 g/mol. The van der Waals surface area contributed by atoms with Crippen LogP contribution in [0, 0.1) is 0 Å². The minimum atomic E-state index is 0.231. The summed E-state index contributed by atoms with van der Waals surface area (Å²) in [6.07, 6.45) is 3.27. The molecule has 4 nitrogen and oxygen atoms in total. The third kappa shape index (κ3) is 1.65. The van der Waals surface area contributed by atoms with Crippen molar-refractivity contribution in [2.45, 2.75) is 25.9 Å². The number of furan rings is 1. The maximum Gasteiger partial charge on any atom is 0.222 e. The lowest BCUT2D eigenvalue weighted by Gasteiger charge is -2.14. The minimum Gasteiger partial charge on any atom is -0.468 e. The average molecular weight is 194 g/mol. The van der Waals surface area contributed by atoms with E-state index < -0.39 is 0 Å². The molecule has 1 aliphatic heterocycles. The lowest BCUT2D eigenvalue weighted by atomic mass is 10.2. The number of hydrogen-bond acceptors (Lipinski definition) is 3. The van der Waals surface area contributed by atoms with Crippen LogP contribution in [-0.2, 0) is 17.9 Å². The Morgan fingerprint density at radius 2 is 2.43 bits per heavy atom. The van der Waals surface area contributed by atoms with Crippen LogP contribution < -0.4 is 5.73 Å². The van der Waals surface area contributed by atoms with Crippen molar-refractivity contribution in [3.8, 4) is 0 Å². The topological polar surface area (TPSA) is 59.5 Å². The second-order valence-electron chi connectivity index (χ2n) is 3.49. The Kier molecular flexibility index (Phi) is 2.54. The molecule has 0 aromatic carbocycles. The summed E-state index contributed by atoms with van der Waals surface area (Å²) in [6, 6.07) is 1.88. The molecule has 2 heterocycles. The summed E-state index contributed by atoms with van der Waals surface area (Å²) in [5, 5.41) is 0. The van der Waals surface area contributed by atoms with Crippen LogP contribution in [0.2, 0.25) is 0 Å². The summed E-state index contributed by atoms with van der Waals surface area (Å²) in [5.74, 6) is 1.01. The molecule has 14 heavy (non-hydrogen) atoms. The first-order chi connectivity index (χ1) is 6.81. The highest BCUT2D eigenvalue weighted by atomic mass is 16.3. The van der Waals surface area contributed by atoms with Crippen molar-refractivity contribution < 1.29 is 9.21 Å². The molecule has 1 aromatic heterocycles. The molecule has 1 saturated heterocycles. The van der Waals surface area contributed by atoms with Gasteiger partial charge < -0.3 is 15.1 Å². The van der Waals surface area contributed by atoms with Gasteiger partial charge in [-0.15, -0.1) is 0 Å². The van der Waals surface area contributed by atoms with Crippen LogP contribution in [0.5, 0.6) is 0 Å². The van der Waals surface area contributed by atoms with Crippen LogP contribution in [0.1, 0.15) is 24.2 Å². The first-order valence-electron chi connectivity index (χ1n) is 4.84. The number of rotatable bonds is 3. The van der Waals surface area contributed by atoms with Crippen LogP contribution in [0.15, 0.2) is 16.7 Å². The largest absolute Gasteiger partial charge is 0.468 e. The van der Waals surface area contributed by atoms with E-state index >= 15 is 0 Å². The van der Waals surface area contributed by atoms with E-state index in [4.69, 9.17) is 10.2 Å². The van der Waals surface area contributed by atoms with Crippen LogP contribution in [-0.4, -0.2) is 17.4 Å². The Balaban J connectivity index is 2.06. The fourth-order valence-corrected chi connectivity index (χ4v) is 1.76. The standard InChI is InChI=1S/C10H14N2O2/c11-6-9-8(3-5-14-9)7-12-4-1-2-10(12)13/h3,5H,1-2,4,6-7,11H2. The lowest BCUT2D eigenvalue weighted by molar-refractivity contribution is -0.128. The molecule has 1 aliphatic rings. The predicted octanol–water partition coefficient (Wildman–Crippen LogP) is 0.861. The Hall–Kier alpha value is -1.29. The molecule has 1 amide bonds. The van der Waals surface area contributed by atoms with Crippen molar-refractivity contribution in [1.82, 2.24) is 4.90 Å². The van der Waals surface area contributed by atoms with Gasteiger partial charge in [0.15, 0.2) is 0 Å². The van der Waals surface area contributed by atoms with Gasteiger partial charge in [0.25, 0.3) is 0 Å². The highest BCUT2D eigenvalue weighted by Gasteiger charge is 2.21. The van der Waals surface area contributed by atoms with Crippen molar-refractivity contribution in [3.63, 3.8) is 0 Å². The molecular weight excluding hydrogens is 180 g/mol. The Morgan fingerprint density at radius 1 is 1.57 bits per heavy atom. The van der Waals surface area contributed by atoms with Gasteiger partial charge >= 0.3 is 0 Å². The SMILES string of the molecule is NCc1occc1CN1CCCC1=O. The van der Waals surface area contributed by atoms with Crippen molar-refractivity contribution in [3.05, 3.63) is 23.7 Å². The van der Waals surface area contributed by atoms with E-state index in [1.54, 1.807) is 6.26 Å². The number of carbonyl (C=O) groups is 1. The number of likely N-dealkylation sites (tertiary alicyclic amines) is 1. The smallest absolute Gasteiger partial charge is 0.222 e. The molecule has 1 aromatic rings. The molecule has 0 spiro atoms. The molecule has 4 heteroatoms. The number of carbonyl (C=O) groups excluding carboxylic acids is 1. The second kappa shape index (κ2) is 3.84. The van der Waals surface area contributed by atoms with Gasteiger partial charge in [-0.2, -0.15) is 0 Å². The number of amides is 1. The van der Waals surface area contributed by atoms with Crippen LogP contribution in [0.25, 0.3) is 0 Å². The van der Waals surface area contributed by atoms with Crippen molar-refractivity contribution in [2.24, 2.45) is 5.73 Å². The Labute approximate surface area is 82.7 Å². The summed E-state index contributed by atoms with van der Waals surface area (Å²) < 4.78 is 5.20. The zero-order valence-corrected chi connectivity index (χ0v) is 8.03. The van der Waals surface area contributed by atoms with E-state index in [2.05, 4.69) is 0 Å². The van der Waals surface area contributed by atoms with Crippen LogP contribution in [0.4, 0.5) is 0 Å². The van der Waals surface area contributed by atoms with Crippen molar-refractivity contribution in [2.75, 3.05) is 6.54 Å². The van der Waals surface area contributed by atoms with E-state index in [0.29, 0.717) is 19.5 Å². The normalized spacial score (nSPS) is 16.6. The first-order valence-corrected chi connectivity index (χ1v) is 4.84. The van der Waals surface area contributed by atoms with E-state index in [0.717, 1.165) is 24.3 Å². The van der Waals surface area contributed by atoms with Crippen molar-refractivity contribution in [1.29, 1.82) is 0 Å². The molecule has 1 fully saturated rings. The third-order valence-electron chi connectivity index (χ3n) is 2.56. The summed E-state index contributed by atoms with van der Waals surface area (Å²) in [6.45, 7) is 1.89. The van der Waals surface area contributed by atoms with E-state index in [9.17, 15) is 4.79 Å². The summed E-state index contributed by atoms with van der Waals surface area (Å²) in [7, 11) is 0. The van der Waals surface area contributed by atoms with Crippen LogP contribution >= 0.6 is 0 Å². The highest BCUT2D eigenvalue weighted by molar-refractivity contribution is 5.78. The lowest BCUT2D eigenvalue weighted by Crippen LogP contribution is -2.24. The zero-order valence-electron chi connectivity index (χ0n) is 8.03. The van der Waals surface area contributed by atoms with Crippen molar-refractivity contribution >= 4 is 5.91 Å². The van der Waals surface area contributed by atoms with E-state index in [1.807, 2.05) is 11.0 Å². The summed E-state index contributed by atoms with van der Waals surface area (Å²) in [5.41, 5.74) is 6.54. The number of nitrogens with zero attached hydrogens (tertiary/aromatic N) is 1. The summed E-state index contributed by atoms with van der Waals surface area (Å²) >= 11 is 0. The third-order valence-corrected chi connectivity index (χ3v) is 2.56. The number of hydrogen-bond donors (Lipinski definition) is 1. The fourth-order valence-electron chi connectivity index (χ4n) is 1.76. The maximum absolute atomic E-state index is 11.4. The quantitative estimate of drug-likeness (QED) is 0.776. The van der Waals surface area contributed by atoms with Gasteiger partial charge in [0.2, 0.25) is 5.91 Å². The molecule has 76 valence electrons. The molecule has 2 rings (SSSR count). The second-order valence-corrected chi connectivity index (χ2v) is 3.49. The number of nitrogens with two attached hydrogens (primary N) is 1. The fraction of sp³-hybridized carbons (Fsp3) is 0.500. The molecule has 0 atom stereocenters. The molecule has 0 radical (unpaired) electrons. The van der Waals surface area contributed by atoms with Gasteiger partial charge in [-0.05, 0) is 12.5 Å². The molecular formula is C10H14N2O2. The zero-order chi connectivity index (χ0) is 9.97. The van der Waals surface area contributed by atoms with E-state index in [-0.39, 0.29) is 5.91 Å². The van der Waals surface area contributed by atoms with Gasteiger partial charge in [0, 0.05) is 25.1 Å². The Bertz CT molecular complexity index is 333. The first kappa shape index (κ1) is 9.27.